The van der Waals surface area contributed by atoms with E-state index in [1.54, 1.807) is 6.92 Å². The molecule has 0 aromatic heterocycles. The summed E-state index contributed by atoms with van der Waals surface area (Å²) in [5, 5.41) is 0. The quantitative estimate of drug-likeness (QED) is 0.673. The van der Waals surface area contributed by atoms with Gasteiger partial charge >= 0.3 is 0 Å². The van der Waals surface area contributed by atoms with Gasteiger partial charge in [0.05, 0.1) is 0 Å². The van der Waals surface area contributed by atoms with Crippen molar-refractivity contribution in [3.8, 4) is 0 Å². The van der Waals surface area contributed by atoms with Gasteiger partial charge in [-0.15, -0.1) is 0 Å². The fourth-order valence-corrected chi connectivity index (χ4v) is 1.99. The maximum Gasteiger partial charge on any atom is 0.133 e. The topological polar surface area (TPSA) is 17.1 Å². The van der Waals surface area contributed by atoms with E-state index >= 15 is 0 Å². The molecule has 0 N–H and O–H groups in total. The van der Waals surface area contributed by atoms with Gasteiger partial charge < -0.3 is 0 Å². The third kappa shape index (κ3) is 1.51. The lowest BCUT2D eigenvalue weighted by molar-refractivity contribution is -0.118. The number of hydrogen-bond acceptors (Lipinski definition) is 1. The highest BCUT2D eigenvalue weighted by molar-refractivity contribution is 5.82. The minimum atomic E-state index is 0.307. The van der Waals surface area contributed by atoms with Gasteiger partial charge in [0.2, 0.25) is 0 Å². The second-order valence-electron chi connectivity index (χ2n) is 3.92. The molecule has 1 saturated carbocycles. The summed E-state index contributed by atoms with van der Waals surface area (Å²) in [5.74, 6) is 1.16. The molecule has 1 aliphatic carbocycles. The third-order valence-electron chi connectivity index (χ3n) is 2.90. The van der Waals surface area contributed by atoms with Crippen molar-refractivity contribution < 1.29 is 4.79 Å². The monoisotopic (exact) mass is 174 g/mol. The lowest BCUT2D eigenvalue weighted by atomic mass is 10.0. The molecule has 0 aliphatic heterocycles. The number of carbonyl (C=O) groups excluding carboxylic acids is 1. The van der Waals surface area contributed by atoms with E-state index in [4.69, 9.17) is 0 Å². The van der Waals surface area contributed by atoms with E-state index in [1.165, 1.54) is 11.1 Å². The predicted molar refractivity (Wildman–Crippen MR) is 52.7 cm³/mol. The van der Waals surface area contributed by atoms with E-state index in [0.29, 0.717) is 17.6 Å². The number of aryl methyl sites for hydroxylation is 1. The van der Waals surface area contributed by atoms with E-state index in [9.17, 15) is 4.79 Å². The van der Waals surface area contributed by atoms with E-state index in [2.05, 4.69) is 25.1 Å². The van der Waals surface area contributed by atoms with Gasteiger partial charge in [0.15, 0.2) is 0 Å². The standard InChI is InChI=1S/C12H14O/c1-8-5-3-4-6-10(8)12-7-11(12)9(2)13/h3-6,11-12H,7H2,1-2H3/t11-,12?/m1/s1. The SMILES string of the molecule is CC(=O)[C@H]1CC1c1ccccc1C. The van der Waals surface area contributed by atoms with Gasteiger partial charge in [0.1, 0.15) is 5.78 Å². The molecule has 2 atom stereocenters. The van der Waals surface area contributed by atoms with Gasteiger partial charge in [-0.05, 0) is 37.3 Å². The Labute approximate surface area is 78.8 Å². The van der Waals surface area contributed by atoms with E-state index in [1.807, 2.05) is 6.07 Å². The molecule has 1 fully saturated rings. The van der Waals surface area contributed by atoms with Crippen LogP contribution in [0.15, 0.2) is 24.3 Å². The Morgan fingerprint density at radius 3 is 2.62 bits per heavy atom. The molecular weight excluding hydrogens is 160 g/mol. The van der Waals surface area contributed by atoms with Crippen molar-refractivity contribution in [3.05, 3.63) is 35.4 Å². The molecule has 1 nitrogen and oxygen atoms in total. The number of carbonyl (C=O) groups is 1. The fraction of sp³-hybridized carbons (Fsp3) is 0.417. The summed E-state index contributed by atoms with van der Waals surface area (Å²) < 4.78 is 0. The normalized spacial score (nSPS) is 25.7. The molecule has 1 aromatic rings. The third-order valence-corrected chi connectivity index (χ3v) is 2.90. The molecule has 0 bridgehead atoms. The number of rotatable bonds is 2. The van der Waals surface area contributed by atoms with Crippen LogP contribution in [0.5, 0.6) is 0 Å². The van der Waals surface area contributed by atoms with Crippen LogP contribution in [0.2, 0.25) is 0 Å². The van der Waals surface area contributed by atoms with Gasteiger partial charge in [0.25, 0.3) is 0 Å². The number of ketones is 1. The van der Waals surface area contributed by atoms with Gasteiger partial charge in [-0.1, -0.05) is 24.3 Å². The zero-order valence-electron chi connectivity index (χ0n) is 8.08. The molecule has 0 saturated heterocycles. The molecule has 0 spiro atoms. The Kier molecular flexibility index (Phi) is 1.95. The van der Waals surface area contributed by atoms with Crippen LogP contribution < -0.4 is 0 Å². The van der Waals surface area contributed by atoms with Crippen LogP contribution in [0, 0.1) is 12.8 Å². The summed E-state index contributed by atoms with van der Waals surface area (Å²) in [4.78, 5) is 11.1. The van der Waals surface area contributed by atoms with Crippen LogP contribution in [-0.4, -0.2) is 5.78 Å². The predicted octanol–water partition coefficient (Wildman–Crippen LogP) is 2.69. The van der Waals surface area contributed by atoms with E-state index in [-0.39, 0.29) is 0 Å². The highest BCUT2D eigenvalue weighted by Crippen LogP contribution is 2.48. The zero-order chi connectivity index (χ0) is 9.42. The molecule has 13 heavy (non-hydrogen) atoms. The lowest BCUT2D eigenvalue weighted by Gasteiger charge is -2.02. The van der Waals surface area contributed by atoms with Gasteiger partial charge in [-0.3, -0.25) is 4.79 Å². The molecule has 0 amide bonds. The Bertz CT molecular complexity index is 341. The summed E-state index contributed by atoms with van der Waals surface area (Å²) in [6.07, 6.45) is 1.06. The zero-order valence-corrected chi connectivity index (χ0v) is 8.08. The van der Waals surface area contributed by atoms with Crippen molar-refractivity contribution in [1.29, 1.82) is 0 Å². The molecule has 1 unspecified atom stereocenters. The molecule has 0 heterocycles. The molecule has 0 radical (unpaired) electrons. The number of Topliss-reactive ketones (excluding diaryl/α,β-unsaturated/α-hetero) is 1. The fourth-order valence-electron chi connectivity index (χ4n) is 1.99. The van der Waals surface area contributed by atoms with Crippen molar-refractivity contribution in [2.24, 2.45) is 5.92 Å². The Balaban J connectivity index is 2.21. The summed E-state index contributed by atoms with van der Waals surface area (Å²) >= 11 is 0. The molecule has 1 aromatic carbocycles. The average molecular weight is 174 g/mol. The van der Waals surface area contributed by atoms with Gasteiger partial charge in [0, 0.05) is 5.92 Å². The van der Waals surface area contributed by atoms with E-state index < -0.39 is 0 Å². The molecule has 68 valence electrons. The van der Waals surface area contributed by atoms with Gasteiger partial charge in [-0.2, -0.15) is 0 Å². The van der Waals surface area contributed by atoms with Crippen LogP contribution in [0.4, 0.5) is 0 Å². The van der Waals surface area contributed by atoms with Crippen molar-refractivity contribution in [2.75, 3.05) is 0 Å². The van der Waals surface area contributed by atoms with Crippen LogP contribution in [0.25, 0.3) is 0 Å². The summed E-state index contributed by atoms with van der Waals surface area (Å²) in [6.45, 7) is 3.81. The molecule has 2 rings (SSSR count). The molecule has 1 aliphatic rings. The second-order valence-corrected chi connectivity index (χ2v) is 3.92. The maximum atomic E-state index is 11.1. The first-order valence-electron chi connectivity index (χ1n) is 4.76. The van der Waals surface area contributed by atoms with E-state index in [0.717, 1.165) is 6.42 Å². The minimum absolute atomic E-state index is 0.307. The first-order valence-corrected chi connectivity index (χ1v) is 4.76. The Hall–Kier alpha value is -1.11. The Morgan fingerprint density at radius 1 is 1.38 bits per heavy atom. The maximum absolute atomic E-state index is 11.1. The van der Waals surface area contributed by atoms with Crippen molar-refractivity contribution in [3.63, 3.8) is 0 Å². The first kappa shape index (κ1) is 8.49. The average Bonchev–Trinajstić information content (AvgIpc) is 2.84. The highest BCUT2D eigenvalue weighted by Gasteiger charge is 2.42. The second kappa shape index (κ2) is 2.99. The van der Waals surface area contributed by atoms with Crippen molar-refractivity contribution in [1.82, 2.24) is 0 Å². The first-order chi connectivity index (χ1) is 6.20. The van der Waals surface area contributed by atoms with Gasteiger partial charge in [-0.25, -0.2) is 0 Å². The van der Waals surface area contributed by atoms with Crippen LogP contribution in [0.1, 0.15) is 30.4 Å². The van der Waals surface area contributed by atoms with Crippen LogP contribution in [-0.2, 0) is 4.79 Å². The van der Waals surface area contributed by atoms with Crippen molar-refractivity contribution in [2.45, 2.75) is 26.2 Å². The highest BCUT2D eigenvalue weighted by atomic mass is 16.1. The molecular formula is C12H14O. The molecule has 1 heteroatoms. The van der Waals surface area contributed by atoms with Crippen LogP contribution >= 0.6 is 0 Å². The van der Waals surface area contributed by atoms with Crippen molar-refractivity contribution >= 4 is 5.78 Å². The summed E-state index contributed by atoms with van der Waals surface area (Å²) in [5.41, 5.74) is 2.68. The number of hydrogen-bond donors (Lipinski definition) is 0. The van der Waals surface area contributed by atoms with Crippen LogP contribution in [0.3, 0.4) is 0 Å². The largest absolute Gasteiger partial charge is 0.300 e. The lowest BCUT2D eigenvalue weighted by Crippen LogP contribution is -1.95. The smallest absolute Gasteiger partial charge is 0.133 e. The number of benzene rings is 1. The summed E-state index contributed by atoms with van der Waals surface area (Å²) in [6, 6.07) is 8.36. The summed E-state index contributed by atoms with van der Waals surface area (Å²) in [7, 11) is 0. The minimum Gasteiger partial charge on any atom is -0.300 e. The Morgan fingerprint density at radius 2 is 2.08 bits per heavy atom.